The Morgan fingerprint density at radius 1 is 1.04 bits per heavy atom. The number of piperidine rings is 1. The van der Waals surface area contributed by atoms with Crippen molar-refractivity contribution in [1.29, 1.82) is 0 Å². The monoisotopic (exact) mass is 394 g/mol. The molecule has 0 aliphatic carbocycles. The van der Waals surface area contributed by atoms with Gasteiger partial charge in [-0.2, -0.15) is 4.31 Å². The quantitative estimate of drug-likeness (QED) is 0.786. The smallest absolute Gasteiger partial charge is 0.243 e. The number of aryl methyl sites for hydroxylation is 1. The third-order valence-corrected chi connectivity index (χ3v) is 7.56. The zero-order valence-electron chi connectivity index (χ0n) is 16.0. The van der Waals surface area contributed by atoms with Crippen LogP contribution in [0.5, 0.6) is 0 Å². The number of amides is 1. The fraction of sp³-hybridized carbons (Fsp3) is 0.632. The average molecular weight is 395 g/mol. The molecule has 2 aliphatic heterocycles. The van der Waals surface area contributed by atoms with Gasteiger partial charge in [-0.25, -0.2) is 8.42 Å². The Kier molecular flexibility index (Phi) is 6.52. The maximum absolute atomic E-state index is 12.8. The number of sulfonamides is 1. The Labute approximate surface area is 162 Å². The van der Waals surface area contributed by atoms with Gasteiger partial charge in [0, 0.05) is 39.3 Å². The molecule has 0 unspecified atom stereocenters. The molecule has 1 aromatic rings. The van der Waals surface area contributed by atoms with Gasteiger partial charge in [-0.15, -0.1) is 0 Å². The van der Waals surface area contributed by atoms with Gasteiger partial charge in [-0.1, -0.05) is 17.7 Å². The summed E-state index contributed by atoms with van der Waals surface area (Å²) in [5, 5.41) is 0. The minimum atomic E-state index is -3.46. The highest BCUT2D eigenvalue weighted by molar-refractivity contribution is 7.89. The van der Waals surface area contributed by atoms with Crippen molar-refractivity contribution in [2.75, 3.05) is 52.4 Å². The van der Waals surface area contributed by atoms with Gasteiger partial charge in [-0.05, 0) is 44.4 Å². The van der Waals surface area contributed by atoms with Crippen LogP contribution >= 0.6 is 0 Å². The molecule has 0 spiro atoms. The fourth-order valence-corrected chi connectivity index (χ4v) is 5.12. The molecule has 7 nitrogen and oxygen atoms in total. The van der Waals surface area contributed by atoms with Crippen molar-refractivity contribution >= 4 is 15.9 Å². The first-order chi connectivity index (χ1) is 12.9. The van der Waals surface area contributed by atoms with Crippen LogP contribution in [0.4, 0.5) is 0 Å². The molecule has 2 N–H and O–H groups in total. The lowest BCUT2D eigenvalue weighted by Crippen LogP contribution is -2.52. The van der Waals surface area contributed by atoms with Crippen LogP contribution < -0.4 is 5.73 Å². The zero-order chi connectivity index (χ0) is 19.4. The summed E-state index contributed by atoms with van der Waals surface area (Å²) in [6, 6.07) is 6.95. The van der Waals surface area contributed by atoms with Crippen molar-refractivity contribution in [2.24, 2.45) is 11.7 Å². The predicted octanol–water partition coefficient (Wildman–Crippen LogP) is 0.499. The van der Waals surface area contributed by atoms with E-state index in [1.807, 2.05) is 24.0 Å². The lowest BCUT2D eigenvalue weighted by molar-refractivity contribution is -0.134. The van der Waals surface area contributed by atoms with Crippen LogP contribution in [0.3, 0.4) is 0 Å². The molecule has 1 aromatic carbocycles. The molecule has 2 fully saturated rings. The van der Waals surface area contributed by atoms with Crippen molar-refractivity contribution in [3.8, 4) is 0 Å². The Hall–Kier alpha value is -1.48. The molecule has 0 aromatic heterocycles. The van der Waals surface area contributed by atoms with Gasteiger partial charge in [0.05, 0.1) is 11.4 Å². The molecule has 2 saturated heterocycles. The number of hydrogen-bond acceptors (Lipinski definition) is 5. The summed E-state index contributed by atoms with van der Waals surface area (Å²) in [5.41, 5.74) is 6.74. The van der Waals surface area contributed by atoms with Gasteiger partial charge in [-0.3, -0.25) is 9.69 Å². The summed E-state index contributed by atoms with van der Waals surface area (Å²) in [6.45, 7) is 6.55. The molecule has 0 radical (unpaired) electrons. The van der Waals surface area contributed by atoms with Crippen LogP contribution in [0.2, 0.25) is 0 Å². The number of rotatable bonds is 5. The number of likely N-dealkylation sites (tertiary alicyclic amines) is 1. The highest BCUT2D eigenvalue weighted by atomic mass is 32.2. The largest absolute Gasteiger partial charge is 0.342 e. The first-order valence-corrected chi connectivity index (χ1v) is 11.1. The molecule has 1 amide bonds. The van der Waals surface area contributed by atoms with Crippen LogP contribution in [0.25, 0.3) is 0 Å². The molecule has 27 heavy (non-hydrogen) atoms. The van der Waals surface area contributed by atoms with Gasteiger partial charge >= 0.3 is 0 Å². The standard InChI is InChI=1S/C19H30N4O3S/c1-16-2-4-18(5-3-16)27(25,26)23-12-10-21(11-13-23)15-19(24)22-8-6-17(14-20)7-9-22/h2-5,17H,6-15,20H2,1H3. The van der Waals surface area contributed by atoms with Crippen LogP contribution in [0, 0.1) is 12.8 Å². The Bertz CT molecular complexity index is 735. The molecule has 8 heteroatoms. The molecule has 0 atom stereocenters. The van der Waals surface area contributed by atoms with Crippen LogP contribution in [0.15, 0.2) is 29.2 Å². The lowest BCUT2D eigenvalue weighted by Gasteiger charge is -2.36. The number of piperazine rings is 1. The highest BCUT2D eigenvalue weighted by Crippen LogP contribution is 2.19. The minimum Gasteiger partial charge on any atom is -0.342 e. The van der Waals surface area contributed by atoms with Crippen LogP contribution in [-0.2, 0) is 14.8 Å². The Morgan fingerprint density at radius 2 is 1.63 bits per heavy atom. The number of nitrogens with zero attached hydrogens (tertiary/aromatic N) is 3. The second-order valence-corrected chi connectivity index (χ2v) is 9.49. The number of carbonyl (C=O) groups is 1. The van der Waals surface area contributed by atoms with Gasteiger partial charge in [0.2, 0.25) is 15.9 Å². The zero-order valence-corrected chi connectivity index (χ0v) is 16.8. The van der Waals surface area contributed by atoms with Crippen LogP contribution in [0.1, 0.15) is 18.4 Å². The summed E-state index contributed by atoms with van der Waals surface area (Å²) in [5.74, 6) is 0.671. The van der Waals surface area contributed by atoms with E-state index in [4.69, 9.17) is 5.73 Å². The second kappa shape index (κ2) is 8.68. The van der Waals surface area contributed by atoms with Crippen molar-refractivity contribution in [2.45, 2.75) is 24.7 Å². The van der Waals surface area contributed by atoms with E-state index in [2.05, 4.69) is 4.90 Å². The average Bonchev–Trinajstić information content (AvgIpc) is 2.69. The number of hydrogen-bond donors (Lipinski definition) is 1. The second-order valence-electron chi connectivity index (χ2n) is 7.55. The molecule has 0 saturated carbocycles. The number of benzene rings is 1. The van der Waals surface area contributed by atoms with Gasteiger partial charge in [0.15, 0.2) is 0 Å². The van der Waals surface area contributed by atoms with Crippen molar-refractivity contribution < 1.29 is 13.2 Å². The van der Waals surface area contributed by atoms with Crippen LogP contribution in [-0.4, -0.2) is 80.8 Å². The first-order valence-electron chi connectivity index (χ1n) is 9.67. The van der Waals surface area contributed by atoms with Crippen molar-refractivity contribution in [3.05, 3.63) is 29.8 Å². The minimum absolute atomic E-state index is 0.139. The Balaban J connectivity index is 1.50. The molecule has 3 rings (SSSR count). The number of carbonyl (C=O) groups excluding carboxylic acids is 1. The summed E-state index contributed by atoms with van der Waals surface area (Å²) >= 11 is 0. The fourth-order valence-electron chi connectivity index (χ4n) is 3.70. The molecule has 150 valence electrons. The maximum atomic E-state index is 12.8. The summed E-state index contributed by atoms with van der Waals surface area (Å²) in [6.07, 6.45) is 1.95. The van der Waals surface area contributed by atoms with Gasteiger partial charge in [0.25, 0.3) is 0 Å². The first kappa shape index (κ1) is 20.3. The topological polar surface area (TPSA) is 87.0 Å². The normalized spacial score (nSPS) is 20.7. The van der Waals surface area contributed by atoms with E-state index in [1.165, 1.54) is 4.31 Å². The lowest BCUT2D eigenvalue weighted by atomic mass is 9.97. The molecular formula is C19H30N4O3S. The van der Waals surface area contributed by atoms with E-state index in [0.717, 1.165) is 31.5 Å². The Morgan fingerprint density at radius 3 is 2.19 bits per heavy atom. The van der Waals surface area contributed by atoms with E-state index in [0.29, 0.717) is 50.1 Å². The molecular weight excluding hydrogens is 364 g/mol. The SMILES string of the molecule is Cc1ccc(S(=O)(=O)N2CCN(CC(=O)N3CCC(CN)CC3)CC2)cc1. The summed E-state index contributed by atoms with van der Waals surface area (Å²) in [4.78, 5) is 16.8. The van der Waals surface area contributed by atoms with E-state index < -0.39 is 10.0 Å². The van der Waals surface area contributed by atoms with E-state index in [9.17, 15) is 13.2 Å². The van der Waals surface area contributed by atoms with Crippen molar-refractivity contribution in [3.63, 3.8) is 0 Å². The van der Waals surface area contributed by atoms with E-state index >= 15 is 0 Å². The summed E-state index contributed by atoms with van der Waals surface area (Å²) < 4.78 is 27.0. The van der Waals surface area contributed by atoms with E-state index in [-0.39, 0.29) is 5.91 Å². The summed E-state index contributed by atoms with van der Waals surface area (Å²) in [7, 11) is -3.46. The van der Waals surface area contributed by atoms with Gasteiger partial charge < -0.3 is 10.6 Å². The predicted molar refractivity (Wildman–Crippen MR) is 105 cm³/mol. The van der Waals surface area contributed by atoms with Crippen molar-refractivity contribution in [1.82, 2.24) is 14.1 Å². The molecule has 2 aliphatic rings. The third-order valence-electron chi connectivity index (χ3n) is 5.65. The maximum Gasteiger partial charge on any atom is 0.243 e. The number of nitrogens with two attached hydrogens (primary N) is 1. The highest BCUT2D eigenvalue weighted by Gasteiger charge is 2.30. The molecule has 2 heterocycles. The van der Waals surface area contributed by atoms with Gasteiger partial charge in [0.1, 0.15) is 0 Å². The molecule has 0 bridgehead atoms. The van der Waals surface area contributed by atoms with E-state index in [1.54, 1.807) is 12.1 Å². The third kappa shape index (κ3) is 4.87.